The molecule has 0 saturated carbocycles. The van der Waals surface area contributed by atoms with Gasteiger partial charge in [0.05, 0.1) is 0 Å². The van der Waals surface area contributed by atoms with Gasteiger partial charge in [0, 0.05) is 0 Å². The molecule has 6 rings (SSSR count). The summed E-state index contributed by atoms with van der Waals surface area (Å²) in [6.45, 7) is 21.0. The molecular formula is C59H75FO10SeSi2. The van der Waals surface area contributed by atoms with Gasteiger partial charge < -0.3 is 0 Å². The molecule has 10 nitrogen and oxygen atoms in total. The molecule has 0 aromatic heterocycles. The van der Waals surface area contributed by atoms with Gasteiger partial charge in [0.15, 0.2) is 0 Å². The summed E-state index contributed by atoms with van der Waals surface area (Å²) in [7, 11) is -1.49. The molecule has 0 N–H and O–H groups in total. The predicted molar refractivity (Wildman–Crippen MR) is 294 cm³/mol. The number of rotatable bonds is 24. The molecule has 0 amide bonds. The number of esters is 2. The van der Waals surface area contributed by atoms with E-state index in [-0.39, 0.29) is 49.5 Å². The molecule has 1 aliphatic heterocycles. The summed E-state index contributed by atoms with van der Waals surface area (Å²) in [5.41, 5.74) is 1.25. The first-order chi connectivity index (χ1) is 34.7. The van der Waals surface area contributed by atoms with E-state index in [1.165, 1.54) is 13.2 Å². The van der Waals surface area contributed by atoms with Crippen LogP contribution in [0.4, 0.5) is 4.39 Å². The van der Waals surface area contributed by atoms with Gasteiger partial charge in [0.25, 0.3) is 0 Å². The third-order valence-corrected chi connectivity index (χ3v) is 22.6. The van der Waals surface area contributed by atoms with E-state index in [0.717, 1.165) is 20.9 Å². The monoisotopic (exact) mass is 1100 g/mol. The van der Waals surface area contributed by atoms with Crippen LogP contribution in [0.15, 0.2) is 145 Å². The third kappa shape index (κ3) is 15.1. The van der Waals surface area contributed by atoms with Crippen LogP contribution in [0.5, 0.6) is 11.5 Å². The average Bonchev–Trinajstić information content (AvgIpc) is 3.68. The summed E-state index contributed by atoms with van der Waals surface area (Å²) in [5, 5.41) is 1.91. The number of carbonyl (C=O) groups is 2. The molecule has 1 heterocycles. The molecule has 6 atom stereocenters. The van der Waals surface area contributed by atoms with E-state index in [9.17, 15) is 9.59 Å². The van der Waals surface area contributed by atoms with Crippen molar-refractivity contribution in [1.29, 1.82) is 0 Å². The van der Waals surface area contributed by atoms with Crippen LogP contribution in [0.1, 0.15) is 92.4 Å². The Morgan fingerprint density at radius 1 is 0.808 bits per heavy atom. The van der Waals surface area contributed by atoms with Crippen molar-refractivity contribution in [2.45, 2.75) is 127 Å². The van der Waals surface area contributed by atoms with E-state index in [4.69, 9.17) is 37.6 Å². The van der Waals surface area contributed by atoms with Crippen molar-refractivity contribution >= 4 is 58.1 Å². The van der Waals surface area contributed by atoms with Crippen LogP contribution >= 0.6 is 0 Å². The maximum atomic E-state index is 17.8. The predicted octanol–water partition coefficient (Wildman–Crippen LogP) is 11.2. The number of hydrogen-bond donors (Lipinski definition) is 0. The number of ether oxygens (including phenoxy) is 7. The van der Waals surface area contributed by atoms with Gasteiger partial charge in [-0.05, 0) is 15.4 Å². The van der Waals surface area contributed by atoms with Gasteiger partial charge in [-0.25, -0.2) is 0 Å². The molecule has 2 unspecified atom stereocenters. The standard InChI is InChI=1S/C59H75FO10SeSi2/c1-41(42(2)70-73(58(3,4)5,46-29-21-15-22-30-46)47-31-23-16-24-32-47)37-49(60)54(67-56(61)43-25-17-13-18-26-43)55-50(68-59(6,7)69-55)33-34-52(71-45-27-19-14-20-28-45)48-38-44(64-9)39-51(66-40-63-8)53(48)57(62)65-35-36-72(10,11)12/h13-32,37-39,41-42,50,52,54-55H,33-36,40H2,1-12H3/b49-37+/t41-,42+,50-,52?,54?,55+/m1/s1. The van der Waals surface area contributed by atoms with Gasteiger partial charge in [-0.3, -0.25) is 0 Å². The summed E-state index contributed by atoms with van der Waals surface area (Å²) in [6.07, 6.45) is -1.52. The minimum absolute atomic E-state index is 0.106. The van der Waals surface area contributed by atoms with Crippen molar-refractivity contribution < 1.29 is 51.6 Å². The van der Waals surface area contributed by atoms with Gasteiger partial charge in [0.2, 0.25) is 0 Å². The molecule has 1 fully saturated rings. The quantitative estimate of drug-likeness (QED) is 0.0337. The van der Waals surface area contributed by atoms with Crippen LogP contribution in [0.2, 0.25) is 30.7 Å². The molecule has 0 aliphatic carbocycles. The van der Waals surface area contributed by atoms with Gasteiger partial charge >= 0.3 is 347 Å². The maximum absolute atomic E-state index is 17.8. The Morgan fingerprint density at radius 2 is 1.38 bits per heavy atom. The van der Waals surface area contributed by atoms with Gasteiger partial charge in [0.1, 0.15) is 0 Å². The van der Waals surface area contributed by atoms with E-state index in [1.807, 2.05) is 74.5 Å². The third-order valence-electron chi connectivity index (χ3n) is 13.0. The minimum atomic E-state index is -3.03. The molecule has 5 aromatic carbocycles. The zero-order valence-corrected chi connectivity index (χ0v) is 48.4. The van der Waals surface area contributed by atoms with E-state index < -0.39 is 70.3 Å². The number of carbonyl (C=O) groups excluding carboxylic acids is 2. The van der Waals surface area contributed by atoms with Crippen molar-refractivity contribution in [1.82, 2.24) is 0 Å². The fraction of sp³-hybridized carbons (Fsp3) is 0.424. The van der Waals surface area contributed by atoms with Crippen LogP contribution in [-0.4, -0.2) is 101 Å². The molecule has 0 bridgehead atoms. The zero-order valence-electron chi connectivity index (χ0n) is 44.6. The van der Waals surface area contributed by atoms with Crippen molar-refractivity contribution in [3.63, 3.8) is 0 Å². The normalized spacial score (nSPS) is 17.8. The molecule has 392 valence electrons. The van der Waals surface area contributed by atoms with Crippen molar-refractivity contribution in [3.05, 3.63) is 162 Å². The Bertz CT molecular complexity index is 2530. The molecular weight excluding hydrogens is 1020 g/mol. The Hall–Kier alpha value is -4.90. The SMILES string of the molecule is COCOc1cc(OC)cc(C(CC[C@H]2OC(C)(C)O[C@@H]2C(OC(=O)c2ccccc2)/C(F)=C\[C@@H](C)[C@H](C)O[Si](c2ccccc2)(c2ccccc2)C(C)(C)C)[Se]c2ccccc2)c1C(=O)OCC[Si](C)(C)C. The van der Waals surface area contributed by atoms with Crippen LogP contribution in [0, 0.1) is 5.92 Å². The van der Waals surface area contributed by atoms with Crippen molar-refractivity contribution in [3.8, 4) is 11.5 Å². The summed E-state index contributed by atoms with van der Waals surface area (Å²) in [5.74, 6) is -2.77. The number of halogens is 1. The summed E-state index contributed by atoms with van der Waals surface area (Å²) in [4.78, 5) is 28.2. The second kappa shape index (κ2) is 25.6. The van der Waals surface area contributed by atoms with Crippen LogP contribution < -0.4 is 24.3 Å². The Labute approximate surface area is 441 Å². The van der Waals surface area contributed by atoms with Crippen LogP contribution in [0.3, 0.4) is 0 Å². The van der Waals surface area contributed by atoms with Gasteiger partial charge in [-0.1, -0.05) is 81.4 Å². The second-order valence-corrected chi connectivity index (χ2v) is 33.9. The van der Waals surface area contributed by atoms with Crippen molar-refractivity contribution in [2.75, 3.05) is 27.6 Å². The number of hydrogen-bond acceptors (Lipinski definition) is 10. The molecule has 0 spiro atoms. The fourth-order valence-corrected chi connectivity index (χ4v) is 17.2. The average molecular weight is 1100 g/mol. The topological polar surface area (TPSA) is 108 Å². The fourth-order valence-electron chi connectivity index (χ4n) is 9.16. The molecule has 14 heteroatoms. The summed E-state index contributed by atoms with van der Waals surface area (Å²) < 4.78 is 69.1. The Kier molecular flexibility index (Phi) is 20.1. The first-order valence-electron chi connectivity index (χ1n) is 25.2. The van der Waals surface area contributed by atoms with E-state index in [0.29, 0.717) is 29.7 Å². The van der Waals surface area contributed by atoms with E-state index in [2.05, 4.69) is 76.8 Å². The number of methoxy groups -OCH3 is 2. The zero-order chi connectivity index (χ0) is 53.0. The van der Waals surface area contributed by atoms with E-state index >= 15 is 4.39 Å². The van der Waals surface area contributed by atoms with Crippen LogP contribution in [0.25, 0.3) is 0 Å². The first-order valence-corrected chi connectivity index (χ1v) is 32.6. The van der Waals surface area contributed by atoms with Gasteiger partial charge in [-0.15, -0.1) is 0 Å². The molecule has 1 aliphatic rings. The Balaban J connectivity index is 1.39. The van der Waals surface area contributed by atoms with E-state index in [1.54, 1.807) is 57.4 Å². The molecule has 1 saturated heterocycles. The summed E-state index contributed by atoms with van der Waals surface area (Å²) >= 11 is -0.273. The summed E-state index contributed by atoms with van der Waals surface area (Å²) in [6, 6.07) is 43.7. The molecule has 73 heavy (non-hydrogen) atoms. The van der Waals surface area contributed by atoms with Crippen molar-refractivity contribution in [2.24, 2.45) is 5.92 Å². The number of benzene rings is 5. The Morgan fingerprint density at radius 3 is 1.93 bits per heavy atom. The van der Waals surface area contributed by atoms with Crippen LogP contribution in [-0.2, 0) is 28.1 Å². The first kappa shape index (κ1) is 57.4. The molecule has 0 radical (unpaired) electrons. The second-order valence-electron chi connectivity index (χ2n) is 21.3. The van der Waals surface area contributed by atoms with Gasteiger partial charge in [-0.2, -0.15) is 0 Å². The molecule has 5 aromatic rings.